The number of benzene rings is 1. The zero-order valence-electron chi connectivity index (χ0n) is 13.6. The van der Waals surface area contributed by atoms with Gasteiger partial charge < -0.3 is 15.2 Å². The van der Waals surface area contributed by atoms with Gasteiger partial charge in [-0.3, -0.25) is 4.79 Å². The highest BCUT2D eigenvalue weighted by Crippen LogP contribution is 2.18. The van der Waals surface area contributed by atoms with Crippen molar-refractivity contribution in [2.45, 2.75) is 33.2 Å². The highest BCUT2D eigenvalue weighted by molar-refractivity contribution is 5.78. The summed E-state index contributed by atoms with van der Waals surface area (Å²) in [6.45, 7) is 6.72. The van der Waals surface area contributed by atoms with Crippen molar-refractivity contribution < 1.29 is 4.79 Å². The van der Waals surface area contributed by atoms with Crippen LogP contribution >= 0.6 is 0 Å². The molecule has 0 saturated carbocycles. The van der Waals surface area contributed by atoms with Crippen LogP contribution in [-0.4, -0.2) is 40.9 Å². The summed E-state index contributed by atoms with van der Waals surface area (Å²) in [5.41, 5.74) is 4.50. The van der Waals surface area contributed by atoms with Gasteiger partial charge in [0, 0.05) is 13.5 Å². The lowest BCUT2D eigenvalue weighted by atomic mass is 10.0. The predicted octanol–water partition coefficient (Wildman–Crippen LogP) is 2.14. The number of carbonyl (C=O) groups is 1. The number of hydrogen-bond acceptors (Lipinski definition) is 3. The molecule has 5 heteroatoms. The first-order chi connectivity index (χ1) is 10.5. The van der Waals surface area contributed by atoms with E-state index in [4.69, 9.17) is 0 Å². The molecule has 5 nitrogen and oxygen atoms in total. The van der Waals surface area contributed by atoms with Crippen LogP contribution in [0.3, 0.4) is 0 Å². The van der Waals surface area contributed by atoms with E-state index in [1.807, 2.05) is 7.05 Å². The minimum Gasteiger partial charge on any atom is -0.340 e. The van der Waals surface area contributed by atoms with Crippen LogP contribution in [0.5, 0.6) is 0 Å². The number of H-pyrrole nitrogens is 1. The van der Waals surface area contributed by atoms with Gasteiger partial charge in [0.2, 0.25) is 5.91 Å². The average Bonchev–Trinajstić information content (AvgIpc) is 3.09. The van der Waals surface area contributed by atoms with Crippen molar-refractivity contribution in [3.63, 3.8) is 0 Å². The fourth-order valence-electron chi connectivity index (χ4n) is 3.00. The summed E-state index contributed by atoms with van der Waals surface area (Å²) >= 11 is 0. The van der Waals surface area contributed by atoms with Crippen molar-refractivity contribution in [1.29, 1.82) is 0 Å². The molecule has 22 heavy (non-hydrogen) atoms. The summed E-state index contributed by atoms with van der Waals surface area (Å²) < 4.78 is 0. The van der Waals surface area contributed by atoms with Crippen molar-refractivity contribution >= 4 is 16.9 Å². The summed E-state index contributed by atoms with van der Waals surface area (Å²) in [4.78, 5) is 22.0. The van der Waals surface area contributed by atoms with E-state index < -0.39 is 0 Å². The van der Waals surface area contributed by atoms with Crippen LogP contribution in [0.15, 0.2) is 12.1 Å². The number of nitrogens with one attached hydrogen (secondary N) is 2. The van der Waals surface area contributed by atoms with Gasteiger partial charge in [0.15, 0.2) is 0 Å². The topological polar surface area (TPSA) is 61.0 Å². The molecule has 1 amide bonds. The highest BCUT2D eigenvalue weighted by Gasteiger charge is 2.20. The normalized spacial score (nSPS) is 18.0. The Bertz CT molecular complexity index is 646. The number of aryl methyl sites for hydroxylation is 2. The third kappa shape index (κ3) is 3.14. The number of nitrogens with zero attached hydrogens (tertiary/aromatic N) is 2. The monoisotopic (exact) mass is 300 g/mol. The van der Waals surface area contributed by atoms with Gasteiger partial charge in [-0.1, -0.05) is 0 Å². The first-order valence-corrected chi connectivity index (χ1v) is 7.93. The van der Waals surface area contributed by atoms with Gasteiger partial charge in [-0.25, -0.2) is 4.98 Å². The van der Waals surface area contributed by atoms with Crippen LogP contribution in [0, 0.1) is 19.8 Å². The number of hydrogen-bond donors (Lipinski definition) is 2. The third-order valence-electron chi connectivity index (χ3n) is 4.58. The van der Waals surface area contributed by atoms with E-state index in [9.17, 15) is 4.79 Å². The molecule has 2 heterocycles. The summed E-state index contributed by atoms with van der Waals surface area (Å²) in [7, 11) is 1.86. The van der Waals surface area contributed by atoms with Crippen LogP contribution in [0.25, 0.3) is 11.0 Å². The number of aromatic amines is 1. The predicted molar refractivity (Wildman–Crippen MR) is 87.6 cm³/mol. The van der Waals surface area contributed by atoms with Gasteiger partial charge in [0.25, 0.3) is 0 Å². The van der Waals surface area contributed by atoms with E-state index in [2.05, 4.69) is 41.3 Å². The fourth-order valence-corrected chi connectivity index (χ4v) is 3.00. The second kappa shape index (κ2) is 6.08. The number of amides is 1. The average molecular weight is 300 g/mol. The first kappa shape index (κ1) is 15.0. The summed E-state index contributed by atoms with van der Waals surface area (Å²) in [6.07, 6.45) is 1.73. The second-order valence-electron chi connectivity index (χ2n) is 6.45. The number of rotatable bonds is 4. The van der Waals surface area contributed by atoms with Gasteiger partial charge in [-0.05, 0) is 62.5 Å². The number of carbonyl (C=O) groups excluding carboxylic acids is 1. The standard InChI is InChI=1S/C17H24N4O/c1-11-6-14-15(7-12(11)2)20-16(19-14)10-21(3)17(22)8-13-4-5-18-9-13/h6-7,13,18H,4-5,8-10H2,1-3H3,(H,19,20)/t13-/m0/s1. The van der Waals surface area contributed by atoms with E-state index in [0.717, 1.165) is 36.4 Å². The summed E-state index contributed by atoms with van der Waals surface area (Å²) in [5.74, 6) is 1.53. The molecule has 0 spiro atoms. The van der Waals surface area contributed by atoms with Gasteiger partial charge in [-0.2, -0.15) is 0 Å². The Kier molecular flexibility index (Phi) is 4.16. The Morgan fingerprint density at radius 1 is 1.36 bits per heavy atom. The Morgan fingerprint density at radius 2 is 2.14 bits per heavy atom. The largest absolute Gasteiger partial charge is 0.340 e. The van der Waals surface area contributed by atoms with Gasteiger partial charge >= 0.3 is 0 Å². The van der Waals surface area contributed by atoms with Crippen LogP contribution in [-0.2, 0) is 11.3 Å². The minimum atomic E-state index is 0.196. The molecule has 1 saturated heterocycles. The first-order valence-electron chi connectivity index (χ1n) is 7.93. The van der Waals surface area contributed by atoms with Crippen LogP contribution in [0.4, 0.5) is 0 Å². The Balaban J connectivity index is 1.67. The Hall–Kier alpha value is -1.88. The quantitative estimate of drug-likeness (QED) is 0.909. The zero-order valence-corrected chi connectivity index (χ0v) is 13.6. The molecule has 0 aliphatic carbocycles. The summed E-state index contributed by atoms with van der Waals surface area (Å²) in [5, 5.41) is 3.31. The van der Waals surface area contributed by atoms with Crippen LogP contribution in [0.2, 0.25) is 0 Å². The van der Waals surface area contributed by atoms with E-state index >= 15 is 0 Å². The number of aromatic nitrogens is 2. The van der Waals surface area contributed by atoms with Crippen LogP contribution in [0.1, 0.15) is 29.8 Å². The molecule has 3 rings (SSSR count). The lowest BCUT2D eigenvalue weighted by molar-refractivity contribution is -0.131. The second-order valence-corrected chi connectivity index (χ2v) is 6.45. The van der Waals surface area contributed by atoms with E-state index in [-0.39, 0.29) is 5.91 Å². The molecular formula is C17H24N4O. The number of fused-ring (bicyclic) bond motifs is 1. The smallest absolute Gasteiger partial charge is 0.223 e. The number of imidazole rings is 1. The molecule has 1 aromatic carbocycles. The summed E-state index contributed by atoms with van der Waals surface area (Å²) in [6, 6.07) is 4.21. The fraction of sp³-hybridized carbons (Fsp3) is 0.529. The van der Waals surface area contributed by atoms with Gasteiger partial charge in [-0.15, -0.1) is 0 Å². The van der Waals surface area contributed by atoms with Crippen molar-refractivity contribution in [3.8, 4) is 0 Å². The molecule has 1 atom stereocenters. The van der Waals surface area contributed by atoms with Crippen molar-refractivity contribution in [2.24, 2.45) is 5.92 Å². The molecule has 0 radical (unpaired) electrons. The molecule has 118 valence electrons. The van der Waals surface area contributed by atoms with E-state index in [1.165, 1.54) is 11.1 Å². The molecular weight excluding hydrogens is 276 g/mol. The maximum Gasteiger partial charge on any atom is 0.223 e. The lowest BCUT2D eigenvalue weighted by Gasteiger charge is -2.17. The van der Waals surface area contributed by atoms with Gasteiger partial charge in [0.05, 0.1) is 17.6 Å². The van der Waals surface area contributed by atoms with Gasteiger partial charge in [0.1, 0.15) is 5.82 Å². The maximum absolute atomic E-state index is 12.3. The lowest BCUT2D eigenvalue weighted by Crippen LogP contribution is -2.29. The molecule has 0 bridgehead atoms. The zero-order chi connectivity index (χ0) is 15.7. The van der Waals surface area contributed by atoms with E-state index in [0.29, 0.717) is 18.9 Å². The molecule has 1 aromatic heterocycles. The molecule has 1 aliphatic rings. The SMILES string of the molecule is Cc1cc2nc(CN(C)C(=O)C[C@@H]3CCNC3)[nH]c2cc1C. The third-order valence-corrected chi connectivity index (χ3v) is 4.58. The minimum absolute atomic E-state index is 0.196. The molecule has 1 fully saturated rings. The molecule has 2 aromatic rings. The Labute approximate surface area is 131 Å². The van der Waals surface area contributed by atoms with Crippen molar-refractivity contribution in [1.82, 2.24) is 20.2 Å². The van der Waals surface area contributed by atoms with Crippen molar-refractivity contribution in [3.05, 3.63) is 29.1 Å². The van der Waals surface area contributed by atoms with Crippen LogP contribution < -0.4 is 5.32 Å². The molecule has 2 N–H and O–H groups in total. The molecule has 0 unspecified atom stereocenters. The Morgan fingerprint density at radius 3 is 2.86 bits per heavy atom. The molecule has 1 aliphatic heterocycles. The van der Waals surface area contributed by atoms with E-state index in [1.54, 1.807) is 4.90 Å². The highest BCUT2D eigenvalue weighted by atomic mass is 16.2. The maximum atomic E-state index is 12.3. The van der Waals surface area contributed by atoms with Crippen molar-refractivity contribution in [2.75, 3.05) is 20.1 Å².